The van der Waals surface area contributed by atoms with Crippen molar-refractivity contribution in [3.8, 4) is 0 Å². The molecule has 0 spiro atoms. The van der Waals surface area contributed by atoms with Gasteiger partial charge in [0.2, 0.25) is 0 Å². The molecule has 0 aromatic heterocycles. The highest BCUT2D eigenvalue weighted by atomic mass is 16.5. The number of hydrogen-bond donors (Lipinski definition) is 1. The van der Waals surface area contributed by atoms with Crippen LogP contribution in [0.15, 0.2) is 29.3 Å². The number of carbonyl (C=O) groups is 1. The molecule has 3 aliphatic rings. The predicted octanol–water partition coefficient (Wildman–Crippen LogP) is 3.77. The number of cyclic esters (lactones) is 1. The van der Waals surface area contributed by atoms with Crippen molar-refractivity contribution in [2.75, 3.05) is 6.61 Å². The Kier molecular flexibility index (Phi) is 3.21. The lowest BCUT2D eigenvalue weighted by atomic mass is 9.56. The summed E-state index contributed by atoms with van der Waals surface area (Å²) in [7, 11) is 0. The third-order valence-electron chi connectivity index (χ3n) is 6.25. The quantitative estimate of drug-likeness (QED) is 0.803. The van der Waals surface area contributed by atoms with E-state index in [2.05, 4.69) is 39.0 Å². The zero-order valence-electron chi connectivity index (χ0n) is 14.1. The van der Waals surface area contributed by atoms with E-state index in [9.17, 15) is 9.90 Å². The molecule has 1 aliphatic heterocycles. The number of esters is 1. The number of rotatable bonds is 1. The van der Waals surface area contributed by atoms with Gasteiger partial charge < -0.3 is 9.84 Å². The highest BCUT2D eigenvalue weighted by Crippen LogP contribution is 2.55. The molecule has 0 bridgehead atoms. The Morgan fingerprint density at radius 2 is 2.13 bits per heavy atom. The Balaban J connectivity index is 1.84. The molecule has 1 N–H and O–H groups in total. The van der Waals surface area contributed by atoms with Gasteiger partial charge in [0, 0.05) is 5.57 Å². The van der Waals surface area contributed by atoms with E-state index in [0.717, 1.165) is 29.6 Å². The van der Waals surface area contributed by atoms with Gasteiger partial charge in [-0.15, -0.1) is 0 Å². The van der Waals surface area contributed by atoms with Crippen molar-refractivity contribution >= 4 is 5.97 Å². The number of ether oxygens (including phenoxy) is 1. The summed E-state index contributed by atoms with van der Waals surface area (Å²) in [5, 5.41) is 10.8. The smallest absolute Gasteiger partial charge is 0.334 e. The van der Waals surface area contributed by atoms with E-state index < -0.39 is 6.10 Å². The monoisotopic (exact) mass is 312 g/mol. The molecule has 0 fully saturated rings. The average Bonchev–Trinajstić information content (AvgIpc) is 2.90. The molecule has 0 saturated carbocycles. The number of aliphatic hydroxyl groups is 1. The zero-order valence-corrected chi connectivity index (χ0v) is 14.1. The summed E-state index contributed by atoms with van der Waals surface area (Å²) in [6, 6.07) is 6.60. The minimum absolute atomic E-state index is 0.00309. The van der Waals surface area contributed by atoms with Crippen molar-refractivity contribution in [3.63, 3.8) is 0 Å². The minimum Gasteiger partial charge on any atom is -0.458 e. The molecular formula is C20H24O3. The molecule has 1 aromatic rings. The largest absolute Gasteiger partial charge is 0.458 e. The molecule has 1 heterocycles. The molecule has 122 valence electrons. The maximum atomic E-state index is 11.9. The number of carbonyl (C=O) groups excluding carboxylic acids is 1. The molecule has 0 unspecified atom stereocenters. The fourth-order valence-electron chi connectivity index (χ4n) is 4.78. The number of aliphatic hydroxyl groups excluding tert-OH is 1. The lowest BCUT2D eigenvalue weighted by Gasteiger charge is -2.48. The van der Waals surface area contributed by atoms with Gasteiger partial charge in [0.15, 0.2) is 0 Å². The van der Waals surface area contributed by atoms with Crippen LogP contribution in [0.4, 0.5) is 0 Å². The van der Waals surface area contributed by atoms with Gasteiger partial charge in [-0.1, -0.05) is 39.0 Å². The normalized spacial score (nSPS) is 32.5. The highest BCUT2D eigenvalue weighted by molar-refractivity contribution is 5.92. The fraction of sp³-hybridized carbons (Fsp3) is 0.550. The van der Waals surface area contributed by atoms with Crippen LogP contribution < -0.4 is 0 Å². The maximum Gasteiger partial charge on any atom is 0.334 e. The molecular weight excluding hydrogens is 288 g/mol. The first-order valence-corrected chi connectivity index (χ1v) is 8.63. The van der Waals surface area contributed by atoms with Gasteiger partial charge in [0.1, 0.15) is 6.61 Å². The van der Waals surface area contributed by atoms with Crippen LogP contribution in [0.25, 0.3) is 0 Å². The molecule has 0 saturated heterocycles. The summed E-state index contributed by atoms with van der Waals surface area (Å²) >= 11 is 0. The molecule has 3 nitrogen and oxygen atoms in total. The highest BCUT2D eigenvalue weighted by Gasteiger charge is 2.50. The minimum atomic E-state index is -0.454. The van der Waals surface area contributed by atoms with E-state index in [1.807, 2.05) is 0 Å². The number of fused-ring (bicyclic) bond motifs is 4. The fourth-order valence-corrected chi connectivity index (χ4v) is 4.78. The SMILES string of the molecule is CC(C)c1ccc2c(c1)[C@H](O)C[C@H]1C3=C(CC[C@]21C)C(=O)OC3. The second-order valence-corrected chi connectivity index (χ2v) is 7.80. The van der Waals surface area contributed by atoms with Crippen LogP contribution in [0.3, 0.4) is 0 Å². The van der Waals surface area contributed by atoms with Crippen LogP contribution in [0.1, 0.15) is 68.7 Å². The molecule has 0 amide bonds. The number of benzene rings is 1. The molecule has 23 heavy (non-hydrogen) atoms. The molecule has 2 aliphatic carbocycles. The van der Waals surface area contributed by atoms with E-state index in [0.29, 0.717) is 18.9 Å². The molecule has 3 atom stereocenters. The van der Waals surface area contributed by atoms with Crippen molar-refractivity contribution in [3.05, 3.63) is 46.0 Å². The van der Waals surface area contributed by atoms with E-state index >= 15 is 0 Å². The van der Waals surface area contributed by atoms with Gasteiger partial charge in [0.05, 0.1) is 6.10 Å². The van der Waals surface area contributed by atoms with Crippen LogP contribution in [0.5, 0.6) is 0 Å². The van der Waals surface area contributed by atoms with Crippen LogP contribution in [-0.2, 0) is 14.9 Å². The van der Waals surface area contributed by atoms with Gasteiger partial charge in [-0.2, -0.15) is 0 Å². The van der Waals surface area contributed by atoms with Crippen molar-refractivity contribution < 1.29 is 14.6 Å². The van der Waals surface area contributed by atoms with Gasteiger partial charge in [-0.25, -0.2) is 4.79 Å². The average molecular weight is 312 g/mol. The van der Waals surface area contributed by atoms with Crippen molar-refractivity contribution in [2.24, 2.45) is 5.92 Å². The van der Waals surface area contributed by atoms with Crippen LogP contribution in [-0.4, -0.2) is 17.7 Å². The Bertz CT molecular complexity index is 716. The first-order chi connectivity index (χ1) is 10.9. The van der Waals surface area contributed by atoms with E-state index in [1.54, 1.807) is 0 Å². The van der Waals surface area contributed by atoms with Gasteiger partial charge in [-0.3, -0.25) is 0 Å². The maximum absolute atomic E-state index is 11.9. The Hall–Kier alpha value is -1.61. The first-order valence-electron chi connectivity index (χ1n) is 8.63. The van der Waals surface area contributed by atoms with Gasteiger partial charge in [-0.05, 0) is 58.8 Å². The van der Waals surface area contributed by atoms with E-state index in [4.69, 9.17) is 4.74 Å². The molecule has 0 radical (unpaired) electrons. The van der Waals surface area contributed by atoms with E-state index in [-0.39, 0.29) is 17.3 Å². The lowest BCUT2D eigenvalue weighted by Crippen LogP contribution is -2.42. The summed E-state index contributed by atoms with van der Waals surface area (Å²) in [4.78, 5) is 11.9. The molecule has 4 rings (SSSR count). The van der Waals surface area contributed by atoms with Crippen molar-refractivity contribution in [1.29, 1.82) is 0 Å². The standard InChI is InChI=1S/C20H24O3/c1-11(2)12-4-5-16-14(8-12)18(21)9-17-15-10-23-19(22)13(15)6-7-20(16,17)3/h4-5,8,11,17-18,21H,6-7,9-10H2,1-3H3/t17-,18+,20+/m0/s1. The summed E-state index contributed by atoms with van der Waals surface area (Å²) in [5.74, 6) is 0.530. The lowest BCUT2D eigenvalue weighted by molar-refractivity contribution is -0.136. The second-order valence-electron chi connectivity index (χ2n) is 7.80. The Morgan fingerprint density at radius 1 is 1.35 bits per heavy atom. The predicted molar refractivity (Wildman–Crippen MR) is 88.2 cm³/mol. The Morgan fingerprint density at radius 3 is 2.87 bits per heavy atom. The summed E-state index contributed by atoms with van der Waals surface area (Å²) in [6.45, 7) is 7.08. The number of hydrogen-bond acceptors (Lipinski definition) is 3. The summed E-state index contributed by atoms with van der Waals surface area (Å²) < 4.78 is 5.27. The van der Waals surface area contributed by atoms with Crippen molar-refractivity contribution in [1.82, 2.24) is 0 Å². The third-order valence-corrected chi connectivity index (χ3v) is 6.25. The second kappa shape index (κ2) is 4.94. The molecule has 3 heteroatoms. The van der Waals surface area contributed by atoms with Crippen LogP contribution >= 0.6 is 0 Å². The summed E-state index contributed by atoms with van der Waals surface area (Å²) in [5.41, 5.74) is 5.64. The summed E-state index contributed by atoms with van der Waals surface area (Å²) in [6.07, 6.45) is 1.99. The molecule has 1 aromatic carbocycles. The topological polar surface area (TPSA) is 46.5 Å². The Labute approximate surface area is 137 Å². The third kappa shape index (κ3) is 2.02. The van der Waals surface area contributed by atoms with Gasteiger partial charge >= 0.3 is 5.97 Å². The van der Waals surface area contributed by atoms with Crippen molar-refractivity contribution in [2.45, 2.75) is 57.5 Å². The zero-order chi connectivity index (χ0) is 16.4. The van der Waals surface area contributed by atoms with Gasteiger partial charge in [0.25, 0.3) is 0 Å². The van der Waals surface area contributed by atoms with Crippen LogP contribution in [0.2, 0.25) is 0 Å². The first kappa shape index (κ1) is 14.9. The van der Waals surface area contributed by atoms with E-state index in [1.165, 1.54) is 11.1 Å². The van der Waals surface area contributed by atoms with Crippen LogP contribution in [0, 0.1) is 5.92 Å².